The number of urea groups is 1. The molecule has 0 atom stereocenters. The number of aromatic nitrogens is 2. The van der Waals surface area contributed by atoms with Gasteiger partial charge in [-0.3, -0.25) is 4.79 Å². The topological polar surface area (TPSA) is 90.5 Å². The number of benzene rings is 2. The van der Waals surface area contributed by atoms with E-state index in [9.17, 15) is 9.59 Å². The lowest BCUT2D eigenvalue weighted by Gasteiger charge is -2.35. The van der Waals surface area contributed by atoms with Crippen molar-refractivity contribution in [1.29, 1.82) is 0 Å². The van der Waals surface area contributed by atoms with E-state index < -0.39 is 0 Å². The molecule has 1 aromatic heterocycles. The van der Waals surface area contributed by atoms with Gasteiger partial charge in [0.1, 0.15) is 11.6 Å². The van der Waals surface area contributed by atoms with Gasteiger partial charge in [-0.15, -0.1) is 0 Å². The highest BCUT2D eigenvalue weighted by Gasteiger charge is 2.23. The van der Waals surface area contributed by atoms with Crippen molar-refractivity contribution in [2.24, 2.45) is 0 Å². The van der Waals surface area contributed by atoms with Crippen LogP contribution in [0.5, 0.6) is 0 Å². The van der Waals surface area contributed by atoms with Crippen LogP contribution in [0.2, 0.25) is 0 Å². The predicted octanol–water partition coefficient (Wildman–Crippen LogP) is 3.70. The fraction of sp³-hybridized carbons (Fsp3) is 0.250. The smallest absolute Gasteiger partial charge is 0.323 e. The maximum atomic E-state index is 12.9. The number of anilines is 3. The van der Waals surface area contributed by atoms with Crippen molar-refractivity contribution in [2.45, 2.75) is 13.8 Å². The number of hydrogen-bond acceptors (Lipinski definition) is 5. The Morgan fingerprint density at radius 1 is 0.812 bits per heavy atom. The molecule has 1 aliphatic heterocycles. The zero-order valence-corrected chi connectivity index (χ0v) is 18.2. The molecule has 8 heteroatoms. The van der Waals surface area contributed by atoms with Gasteiger partial charge in [0.2, 0.25) is 0 Å². The lowest BCUT2D eigenvalue weighted by molar-refractivity contribution is 0.0746. The lowest BCUT2D eigenvalue weighted by Crippen LogP contribution is -2.49. The molecule has 1 fully saturated rings. The lowest BCUT2D eigenvalue weighted by atomic mass is 10.1. The van der Waals surface area contributed by atoms with Gasteiger partial charge >= 0.3 is 6.03 Å². The molecule has 4 rings (SSSR count). The van der Waals surface area contributed by atoms with Crippen molar-refractivity contribution >= 4 is 29.1 Å². The SMILES string of the molecule is Cc1cc(N2CCN(C(=O)c3ccc(NC(=O)Nc4ccccc4)cc3)CC2)nc(C)n1. The average molecular weight is 431 g/mol. The second-order valence-corrected chi connectivity index (χ2v) is 7.72. The van der Waals surface area contributed by atoms with Crippen LogP contribution in [0.4, 0.5) is 22.0 Å². The minimum absolute atomic E-state index is 0.0139. The summed E-state index contributed by atoms with van der Waals surface area (Å²) in [6, 6.07) is 17.8. The third-order valence-corrected chi connectivity index (χ3v) is 5.26. The van der Waals surface area contributed by atoms with Gasteiger partial charge in [0.05, 0.1) is 0 Å². The van der Waals surface area contributed by atoms with Crippen molar-refractivity contribution in [2.75, 3.05) is 41.7 Å². The van der Waals surface area contributed by atoms with Crippen molar-refractivity contribution in [3.05, 3.63) is 77.7 Å². The van der Waals surface area contributed by atoms with E-state index in [1.54, 1.807) is 24.3 Å². The largest absolute Gasteiger partial charge is 0.353 e. The van der Waals surface area contributed by atoms with Crippen LogP contribution in [-0.4, -0.2) is 53.0 Å². The van der Waals surface area contributed by atoms with Gasteiger partial charge in [0.25, 0.3) is 5.91 Å². The molecule has 0 unspecified atom stereocenters. The fourth-order valence-corrected chi connectivity index (χ4v) is 3.69. The standard InChI is InChI=1S/C24H26N6O2/c1-17-16-22(26-18(2)25-17)29-12-14-30(15-13-29)23(31)19-8-10-21(11-9-19)28-24(32)27-20-6-4-3-5-7-20/h3-11,16H,12-15H2,1-2H3,(H2,27,28,32). The minimum Gasteiger partial charge on any atom is -0.353 e. The molecule has 0 saturated carbocycles. The molecule has 2 heterocycles. The number of carbonyl (C=O) groups is 2. The van der Waals surface area contributed by atoms with Gasteiger partial charge in [0, 0.05) is 54.9 Å². The molecule has 2 N–H and O–H groups in total. The zero-order chi connectivity index (χ0) is 22.5. The molecule has 3 amide bonds. The highest BCUT2D eigenvalue weighted by molar-refractivity contribution is 6.00. The van der Waals surface area contributed by atoms with E-state index in [0.29, 0.717) is 30.0 Å². The van der Waals surface area contributed by atoms with Gasteiger partial charge in [-0.1, -0.05) is 18.2 Å². The highest BCUT2D eigenvalue weighted by Crippen LogP contribution is 2.18. The molecule has 8 nitrogen and oxygen atoms in total. The Bertz CT molecular complexity index is 1070. The van der Waals surface area contributed by atoms with Gasteiger partial charge in [-0.05, 0) is 50.2 Å². The maximum Gasteiger partial charge on any atom is 0.323 e. The Hall–Kier alpha value is -3.94. The van der Waals surface area contributed by atoms with Crippen molar-refractivity contribution in [3.63, 3.8) is 0 Å². The summed E-state index contributed by atoms with van der Waals surface area (Å²) in [5, 5.41) is 5.54. The van der Waals surface area contributed by atoms with E-state index in [1.807, 2.05) is 55.1 Å². The molecule has 2 aromatic carbocycles. The molecule has 32 heavy (non-hydrogen) atoms. The molecule has 3 aromatic rings. The molecule has 0 bridgehead atoms. The molecule has 1 saturated heterocycles. The van der Waals surface area contributed by atoms with E-state index in [0.717, 1.165) is 30.4 Å². The number of nitrogens with one attached hydrogen (secondary N) is 2. The van der Waals surface area contributed by atoms with Crippen LogP contribution in [0.1, 0.15) is 21.9 Å². The highest BCUT2D eigenvalue weighted by atomic mass is 16.2. The summed E-state index contributed by atoms with van der Waals surface area (Å²) in [5.41, 5.74) is 2.87. The second-order valence-electron chi connectivity index (χ2n) is 7.72. The maximum absolute atomic E-state index is 12.9. The third-order valence-electron chi connectivity index (χ3n) is 5.26. The number of aryl methyl sites for hydroxylation is 2. The summed E-state index contributed by atoms with van der Waals surface area (Å²) < 4.78 is 0. The van der Waals surface area contributed by atoms with E-state index in [1.165, 1.54) is 0 Å². The van der Waals surface area contributed by atoms with Crippen LogP contribution >= 0.6 is 0 Å². The summed E-state index contributed by atoms with van der Waals surface area (Å²) >= 11 is 0. The Morgan fingerprint density at radius 3 is 2.06 bits per heavy atom. The number of amides is 3. The number of nitrogens with zero attached hydrogens (tertiary/aromatic N) is 4. The van der Waals surface area contributed by atoms with E-state index >= 15 is 0 Å². The monoisotopic (exact) mass is 430 g/mol. The number of carbonyl (C=O) groups excluding carboxylic acids is 2. The predicted molar refractivity (Wildman–Crippen MR) is 125 cm³/mol. The van der Waals surface area contributed by atoms with Crippen LogP contribution in [0.25, 0.3) is 0 Å². The number of hydrogen-bond donors (Lipinski definition) is 2. The Morgan fingerprint density at radius 2 is 1.44 bits per heavy atom. The van der Waals surface area contributed by atoms with Gasteiger partial charge < -0.3 is 20.4 Å². The summed E-state index contributed by atoms with van der Waals surface area (Å²) in [6.07, 6.45) is 0. The first-order chi connectivity index (χ1) is 15.5. The van der Waals surface area contributed by atoms with Crippen LogP contribution in [0.3, 0.4) is 0 Å². The van der Waals surface area contributed by atoms with Crippen LogP contribution in [-0.2, 0) is 0 Å². The van der Waals surface area contributed by atoms with Gasteiger partial charge in [-0.25, -0.2) is 14.8 Å². The number of rotatable bonds is 4. The first kappa shape index (κ1) is 21.3. The van der Waals surface area contributed by atoms with E-state index in [-0.39, 0.29) is 11.9 Å². The summed E-state index contributed by atoms with van der Waals surface area (Å²) in [4.78, 5) is 37.9. The quantitative estimate of drug-likeness (QED) is 0.659. The second kappa shape index (κ2) is 9.47. The molecule has 0 aliphatic carbocycles. The van der Waals surface area contributed by atoms with Crippen LogP contribution in [0, 0.1) is 13.8 Å². The summed E-state index contributed by atoms with van der Waals surface area (Å²) in [5.74, 6) is 1.65. The minimum atomic E-state index is -0.332. The van der Waals surface area contributed by atoms with Gasteiger partial charge in [0.15, 0.2) is 0 Å². The zero-order valence-electron chi connectivity index (χ0n) is 18.2. The Labute approximate surface area is 187 Å². The van der Waals surface area contributed by atoms with Gasteiger partial charge in [-0.2, -0.15) is 0 Å². The first-order valence-corrected chi connectivity index (χ1v) is 10.6. The van der Waals surface area contributed by atoms with E-state index in [2.05, 4.69) is 25.5 Å². The van der Waals surface area contributed by atoms with E-state index in [4.69, 9.17) is 0 Å². The molecule has 164 valence electrons. The first-order valence-electron chi connectivity index (χ1n) is 10.6. The molecule has 1 aliphatic rings. The van der Waals surface area contributed by atoms with Crippen molar-refractivity contribution in [1.82, 2.24) is 14.9 Å². The number of piperazine rings is 1. The van der Waals surface area contributed by atoms with Crippen molar-refractivity contribution < 1.29 is 9.59 Å². The third kappa shape index (κ3) is 5.21. The number of para-hydroxylation sites is 1. The molecular weight excluding hydrogens is 404 g/mol. The van der Waals surface area contributed by atoms with Crippen LogP contribution < -0.4 is 15.5 Å². The van der Waals surface area contributed by atoms with Crippen LogP contribution in [0.15, 0.2) is 60.7 Å². The Kier molecular flexibility index (Phi) is 6.30. The molecule has 0 spiro atoms. The summed E-state index contributed by atoms with van der Waals surface area (Å²) in [7, 11) is 0. The summed E-state index contributed by atoms with van der Waals surface area (Å²) in [6.45, 7) is 6.55. The normalized spacial score (nSPS) is 13.6. The van der Waals surface area contributed by atoms with Crippen molar-refractivity contribution in [3.8, 4) is 0 Å². The molecule has 0 radical (unpaired) electrons. The fourth-order valence-electron chi connectivity index (χ4n) is 3.69. The molecular formula is C24H26N6O2. The Balaban J connectivity index is 1.31. The average Bonchev–Trinajstić information content (AvgIpc) is 2.79.